The molecule has 0 aliphatic carbocycles. The Morgan fingerprint density at radius 3 is 2.02 bits per heavy atom. The van der Waals surface area contributed by atoms with E-state index in [1.54, 1.807) is 68.8 Å². The maximum atomic E-state index is 14.7. The molecule has 0 saturated carbocycles. The lowest BCUT2D eigenvalue weighted by Gasteiger charge is -2.38. The number of aliphatic hydroxyl groups excluding tert-OH is 1. The Hall–Kier alpha value is -5.86. The summed E-state index contributed by atoms with van der Waals surface area (Å²) in [7, 11) is 1.37. The first-order chi connectivity index (χ1) is 29.5. The van der Waals surface area contributed by atoms with E-state index in [2.05, 4.69) is 20.6 Å². The third kappa shape index (κ3) is 12.9. The lowest BCUT2D eigenvalue weighted by Crippen LogP contribution is -2.59. The lowest BCUT2D eigenvalue weighted by atomic mass is 9.84. The average molecular weight is 864 g/mol. The molecule has 14 heteroatoms. The Morgan fingerprint density at radius 2 is 1.43 bits per heavy atom. The molecule has 1 aliphatic rings. The highest BCUT2D eigenvalue weighted by molar-refractivity contribution is 5.89. The molecule has 2 aromatic heterocycles. The Labute approximate surface area is 371 Å². The monoisotopic (exact) mass is 863 g/mol. The number of nitrogens with zero attached hydrogens (tertiary/aromatic N) is 5. The number of aliphatic hydroxyl groups is 2. The van der Waals surface area contributed by atoms with Crippen LogP contribution in [0.3, 0.4) is 0 Å². The summed E-state index contributed by atoms with van der Waals surface area (Å²) in [5.74, 6) is -0.938. The highest BCUT2D eigenvalue weighted by atomic mass is 16.4. The smallest absolute Gasteiger partial charge is 0.407 e. The van der Waals surface area contributed by atoms with Crippen molar-refractivity contribution in [2.75, 3.05) is 20.1 Å². The van der Waals surface area contributed by atoms with Crippen molar-refractivity contribution in [3.63, 3.8) is 0 Å². The zero-order valence-corrected chi connectivity index (χ0v) is 38.1. The van der Waals surface area contributed by atoms with Gasteiger partial charge in [-0.2, -0.15) is 0 Å². The lowest BCUT2D eigenvalue weighted by molar-refractivity contribution is -0.131. The van der Waals surface area contributed by atoms with Crippen molar-refractivity contribution in [3.05, 3.63) is 120 Å². The van der Waals surface area contributed by atoms with Crippen LogP contribution >= 0.6 is 0 Å². The molecule has 3 heterocycles. The summed E-state index contributed by atoms with van der Waals surface area (Å²) < 4.78 is 0. The first-order valence-corrected chi connectivity index (χ1v) is 21.6. The Bertz CT molecular complexity index is 2170. The van der Waals surface area contributed by atoms with Crippen molar-refractivity contribution < 1.29 is 34.5 Å². The van der Waals surface area contributed by atoms with Gasteiger partial charge < -0.3 is 35.8 Å². The molecule has 2 aromatic carbocycles. The minimum absolute atomic E-state index is 0.00643. The molecule has 63 heavy (non-hydrogen) atoms. The minimum Gasteiger partial charge on any atom is -0.465 e. The molecule has 338 valence electrons. The molecule has 0 spiro atoms. The number of nitrogens with one attached hydrogen (secondary N) is 2. The summed E-state index contributed by atoms with van der Waals surface area (Å²) in [5, 5.41) is 38.9. The van der Waals surface area contributed by atoms with Crippen LogP contribution in [0.25, 0.3) is 11.3 Å². The normalized spacial score (nSPS) is 15.9. The molecule has 0 radical (unpaired) electrons. The van der Waals surface area contributed by atoms with E-state index in [0.29, 0.717) is 24.4 Å². The van der Waals surface area contributed by atoms with Crippen LogP contribution < -0.4 is 10.6 Å². The molecular formula is C49H65N7O7. The molecule has 5 atom stereocenters. The molecule has 1 aliphatic heterocycles. The van der Waals surface area contributed by atoms with Gasteiger partial charge in [0.1, 0.15) is 17.7 Å². The zero-order valence-electron chi connectivity index (χ0n) is 38.1. The quantitative estimate of drug-likeness (QED) is 0.0817. The van der Waals surface area contributed by atoms with Gasteiger partial charge in [0.25, 0.3) is 0 Å². The zero-order chi connectivity index (χ0) is 46.3. The fourth-order valence-electron chi connectivity index (χ4n) is 8.33. The molecule has 0 bridgehead atoms. The summed E-state index contributed by atoms with van der Waals surface area (Å²) in [6.07, 6.45) is -0.172. The van der Waals surface area contributed by atoms with Crippen LogP contribution in [-0.2, 0) is 34.6 Å². The molecule has 5 N–H and O–H groups in total. The topological polar surface area (TPSA) is 189 Å². The third-order valence-corrected chi connectivity index (χ3v) is 11.4. The van der Waals surface area contributed by atoms with E-state index in [4.69, 9.17) is 0 Å². The number of pyridine rings is 2. The number of amides is 5. The minimum atomic E-state index is -1.25. The first kappa shape index (κ1) is 48.2. The van der Waals surface area contributed by atoms with Gasteiger partial charge >= 0.3 is 12.1 Å². The van der Waals surface area contributed by atoms with Crippen molar-refractivity contribution in [1.29, 1.82) is 0 Å². The SMILES string of the molecule is CN(C(=O)O)[C@H](C(=O)N[C@H](Cc1ccc(-c2ccccn2)cc1)C[C@H](O)[C@H](Cc1ccccc1)NC(=O)[C@@H](N1CCN(Cc2cccc(C(C)(C)O)n2)C1=O)C(C)(C)C)C(C)(C)C. The van der Waals surface area contributed by atoms with E-state index in [1.165, 1.54) is 7.05 Å². The number of aromatic nitrogens is 2. The second kappa shape index (κ2) is 20.1. The van der Waals surface area contributed by atoms with Crippen LogP contribution in [0.15, 0.2) is 97.2 Å². The van der Waals surface area contributed by atoms with Crippen molar-refractivity contribution in [2.45, 2.75) is 117 Å². The van der Waals surface area contributed by atoms with Gasteiger partial charge in [0.05, 0.1) is 35.8 Å². The molecular weight excluding hydrogens is 799 g/mol. The number of urea groups is 1. The fourth-order valence-corrected chi connectivity index (χ4v) is 8.33. The standard InChI is InChI=1S/C49H65N7O7/c1-47(2,3)41(54(9)46(61)62)43(58)52-36(28-33-21-23-34(24-22-33)37-19-13-14-25-50-37)30-39(57)38(29-32-16-11-10-12-17-32)53-44(59)42(48(4,5)6)56-27-26-55(45(56)60)31-35-18-15-20-40(51-35)49(7,8)63/h10-25,36,38-39,41-42,57,63H,26-31H2,1-9H3,(H,52,58)(H,53,59)(H,61,62)/t36-,38+,39+,41-,42-/m1/s1. The van der Waals surface area contributed by atoms with Crippen LogP contribution in [-0.4, -0.2) is 114 Å². The molecule has 5 amide bonds. The number of hydrogen-bond acceptors (Lipinski definition) is 8. The molecule has 1 fully saturated rings. The Balaban J connectivity index is 1.42. The number of rotatable bonds is 17. The van der Waals surface area contributed by atoms with Crippen molar-refractivity contribution >= 4 is 23.9 Å². The number of likely N-dealkylation sites (N-methyl/N-ethyl adjacent to an activating group) is 1. The highest BCUT2D eigenvalue weighted by Crippen LogP contribution is 2.30. The summed E-state index contributed by atoms with van der Waals surface area (Å²) >= 11 is 0. The van der Waals surface area contributed by atoms with Crippen molar-refractivity contribution in [3.8, 4) is 11.3 Å². The van der Waals surface area contributed by atoms with Gasteiger partial charge in [0, 0.05) is 37.9 Å². The van der Waals surface area contributed by atoms with Crippen LogP contribution in [0, 0.1) is 10.8 Å². The van der Waals surface area contributed by atoms with Gasteiger partial charge in [-0.1, -0.05) is 108 Å². The number of benzene rings is 2. The van der Waals surface area contributed by atoms with E-state index in [-0.39, 0.29) is 32.0 Å². The van der Waals surface area contributed by atoms with Crippen LogP contribution in [0.2, 0.25) is 0 Å². The second-order valence-corrected chi connectivity index (χ2v) is 19.3. The maximum absolute atomic E-state index is 14.7. The average Bonchev–Trinajstić information content (AvgIpc) is 3.55. The summed E-state index contributed by atoms with van der Waals surface area (Å²) in [6.45, 7) is 15.2. The van der Waals surface area contributed by atoms with Gasteiger partial charge in [-0.15, -0.1) is 0 Å². The number of carbonyl (C=O) groups is 4. The summed E-state index contributed by atoms with van der Waals surface area (Å²) in [5.41, 5.74) is 1.90. The van der Waals surface area contributed by atoms with Gasteiger partial charge in [-0.3, -0.25) is 24.5 Å². The third-order valence-electron chi connectivity index (χ3n) is 11.4. The predicted octanol–water partition coefficient (Wildman–Crippen LogP) is 6.25. The molecule has 4 aromatic rings. The van der Waals surface area contributed by atoms with Gasteiger partial charge in [-0.25, -0.2) is 9.59 Å². The Morgan fingerprint density at radius 1 is 0.778 bits per heavy atom. The largest absolute Gasteiger partial charge is 0.465 e. The number of hydrogen-bond donors (Lipinski definition) is 5. The molecule has 5 rings (SSSR count). The van der Waals surface area contributed by atoms with Gasteiger partial charge in [-0.05, 0) is 79.3 Å². The van der Waals surface area contributed by atoms with E-state index in [9.17, 15) is 34.5 Å². The van der Waals surface area contributed by atoms with Crippen molar-refractivity contribution in [1.82, 2.24) is 35.3 Å². The van der Waals surface area contributed by atoms with E-state index < -0.39 is 64.6 Å². The van der Waals surface area contributed by atoms with Crippen LogP contribution in [0.4, 0.5) is 9.59 Å². The van der Waals surface area contributed by atoms with E-state index in [1.807, 2.05) is 93.6 Å². The van der Waals surface area contributed by atoms with Crippen LogP contribution in [0.1, 0.15) is 84.3 Å². The van der Waals surface area contributed by atoms with E-state index in [0.717, 1.165) is 27.3 Å². The maximum Gasteiger partial charge on any atom is 0.407 e. The second-order valence-electron chi connectivity index (χ2n) is 19.3. The van der Waals surface area contributed by atoms with Gasteiger partial charge in [0.15, 0.2) is 0 Å². The number of carboxylic acid groups (broad SMARTS) is 1. The molecule has 14 nitrogen and oxygen atoms in total. The molecule has 0 unspecified atom stereocenters. The highest BCUT2D eigenvalue weighted by Gasteiger charge is 2.45. The van der Waals surface area contributed by atoms with E-state index >= 15 is 0 Å². The first-order valence-electron chi connectivity index (χ1n) is 21.6. The van der Waals surface area contributed by atoms with Crippen molar-refractivity contribution in [2.24, 2.45) is 10.8 Å². The van der Waals surface area contributed by atoms with Gasteiger partial charge in [0.2, 0.25) is 11.8 Å². The Kier molecular flexibility index (Phi) is 15.4. The predicted molar refractivity (Wildman–Crippen MR) is 242 cm³/mol. The fraction of sp³-hybridized carbons (Fsp3) is 0.469. The van der Waals surface area contributed by atoms with Crippen LogP contribution in [0.5, 0.6) is 0 Å². The summed E-state index contributed by atoms with van der Waals surface area (Å²) in [6, 6.07) is 24.4. The number of carbonyl (C=O) groups excluding carboxylic acids is 3. The molecule has 1 saturated heterocycles. The summed E-state index contributed by atoms with van der Waals surface area (Å²) in [4.78, 5) is 68.3.